The summed E-state index contributed by atoms with van der Waals surface area (Å²) in [5.74, 6) is -2.76. The van der Waals surface area contributed by atoms with Crippen LogP contribution in [-0.4, -0.2) is 60.6 Å². The number of benzene rings is 1. The van der Waals surface area contributed by atoms with Crippen molar-refractivity contribution >= 4 is 29.3 Å². The molecular formula is C16H23F2N3O2S. The number of likely N-dealkylation sites (N-methyl/N-ethyl adjacent to an activating group) is 2. The molecular weight excluding hydrogens is 336 g/mol. The van der Waals surface area contributed by atoms with E-state index < -0.39 is 5.76 Å². The van der Waals surface area contributed by atoms with E-state index in [4.69, 9.17) is 0 Å². The molecule has 0 spiro atoms. The highest BCUT2D eigenvalue weighted by Crippen LogP contribution is 2.26. The van der Waals surface area contributed by atoms with Crippen LogP contribution in [0.3, 0.4) is 0 Å². The summed E-state index contributed by atoms with van der Waals surface area (Å²) in [6, 6.07) is 6.20. The molecule has 0 atom stereocenters. The van der Waals surface area contributed by atoms with E-state index in [1.807, 2.05) is 13.8 Å². The van der Waals surface area contributed by atoms with E-state index in [0.717, 1.165) is 0 Å². The maximum atomic E-state index is 12.2. The lowest BCUT2D eigenvalue weighted by Gasteiger charge is -2.22. The van der Waals surface area contributed by atoms with Crippen LogP contribution in [0.15, 0.2) is 29.2 Å². The van der Waals surface area contributed by atoms with Crippen LogP contribution in [0.1, 0.15) is 13.8 Å². The highest BCUT2D eigenvalue weighted by Gasteiger charge is 2.14. The first-order valence-electron chi connectivity index (χ1n) is 7.66. The number of amides is 2. The van der Waals surface area contributed by atoms with Crippen LogP contribution in [0.4, 0.5) is 14.5 Å². The third kappa shape index (κ3) is 7.27. The van der Waals surface area contributed by atoms with Gasteiger partial charge in [0.15, 0.2) is 0 Å². The molecule has 1 rings (SSSR count). The molecule has 8 heteroatoms. The Balaban J connectivity index is 2.46. The highest BCUT2D eigenvalue weighted by atomic mass is 32.2. The number of hydrogen-bond acceptors (Lipinski definition) is 4. The number of thioether (sulfide) groups is 1. The zero-order chi connectivity index (χ0) is 18.1. The molecule has 0 radical (unpaired) electrons. The van der Waals surface area contributed by atoms with Crippen LogP contribution in [0, 0.1) is 0 Å². The molecule has 0 unspecified atom stereocenters. The van der Waals surface area contributed by atoms with Gasteiger partial charge in [-0.15, -0.1) is 0 Å². The number of anilines is 1. The summed E-state index contributed by atoms with van der Waals surface area (Å²) in [5, 5.41) is 2.68. The van der Waals surface area contributed by atoms with Crippen molar-refractivity contribution in [3.63, 3.8) is 0 Å². The zero-order valence-corrected chi connectivity index (χ0v) is 14.9. The Morgan fingerprint density at radius 3 is 2.21 bits per heavy atom. The summed E-state index contributed by atoms with van der Waals surface area (Å²) in [7, 11) is 1.70. The number of nitrogens with one attached hydrogen (secondary N) is 1. The first kappa shape index (κ1) is 20.4. The average Bonchev–Trinajstić information content (AvgIpc) is 2.49. The Kier molecular flexibility index (Phi) is 8.70. The van der Waals surface area contributed by atoms with Crippen molar-refractivity contribution in [1.29, 1.82) is 0 Å². The lowest BCUT2D eigenvalue weighted by Crippen LogP contribution is -2.41. The summed E-state index contributed by atoms with van der Waals surface area (Å²) in [6.45, 7) is 5.32. The van der Waals surface area contributed by atoms with Crippen molar-refractivity contribution in [2.45, 2.75) is 24.5 Å². The summed E-state index contributed by atoms with van der Waals surface area (Å²) < 4.78 is 24.5. The molecule has 0 heterocycles. The maximum absolute atomic E-state index is 12.2. The third-order valence-electron chi connectivity index (χ3n) is 3.30. The fourth-order valence-corrected chi connectivity index (χ4v) is 2.63. The molecule has 0 aliphatic heterocycles. The number of halogens is 2. The molecule has 2 amide bonds. The Labute approximate surface area is 145 Å². The van der Waals surface area contributed by atoms with Gasteiger partial charge in [0, 0.05) is 23.7 Å². The summed E-state index contributed by atoms with van der Waals surface area (Å²) in [4.78, 5) is 27.7. The van der Waals surface area contributed by atoms with Crippen LogP contribution in [-0.2, 0) is 9.59 Å². The lowest BCUT2D eigenvalue weighted by atomic mass is 10.3. The van der Waals surface area contributed by atoms with E-state index >= 15 is 0 Å². The van der Waals surface area contributed by atoms with E-state index in [-0.39, 0.29) is 24.9 Å². The quantitative estimate of drug-likeness (QED) is 0.689. The molecule has 0 saturated carbocycles. The summed E-state index contributed by atoms with van der Waals surface area (Å²) >= 11 is 0.454. The van der Waals surface area contributed by atoms with Crippen molar-refractivity contribution < 1.29 is 18.4 Å². The van der Waals surface area contributed by atoms with Gasteiger partial charge in [-0.3, -0.25) is 14.5 Å². The van der Waals surface area contributed by atoms with Gasteiger partial charge in [-0.2, -0.15) is 8.78 Å². The number of carbonyl (C=O) groups excluding carboxylic acids is 2. The average molecular weight is 359 g/mol. The van der Waals surface area contributed by atoms with Gasteiger partial charge < -0.3 is 10.2 Å². The molecule has 0 fully saturated rings. The van der Waals surface area contributed by atoms with Gasteiger partial charge in [0.05, 0.1) is 13.1 Å². The number of rotatable bonds is 9. The third-order valence-corrected chi connectivity index (χ3v) is 4.02. The highest BCUT2D eigenvalue weighted by molar-refractivity contribution is 7.99. The van der Waals surface area contributed by atoms with Crippen LogP contribution in [0.2, 0.25) is 0 Å². The van der Waals surface area contributed by atoms with Crippen LogP contribution < -0.4 is 5.32 Å². The monoisotopic (exact) mass is 359 g/mol. The molecule has 0 bridgehead atoms. The smallest absolute Gasteiger partial charge is 0.288 e. The fraction of sp³-hybridized carbons (Fsp3) is 0.500. The van der Waals surface area contributed by atoms with Crippen LogP contribution in [0.25, 0.3) is 0 Å². The zero-order valence-electron chi connectivity index (χ0n) is 14.1. The summed E-state index contributed by atoms with van der Waals surface area (Å²) in [6.07, 6.45) is 0. The summed E-state index contributed by atoms with van der Waals surface area (Å²) in [5.41, 5.74) is 0.530. The van der Waals surface area contributed by atoms with Crippen molar-refractivity contribution in [2.24, 2.45) is 0 Å². The van der Waals surface area contributed by atoms with E-state index in [1.54, 1.807) is 29.0 Å². The molecule has 5 nitrogen and oxygen atoms in total. The van der Waals surface area contributed by atoms with Crippen molar-refractivity contribution in [2.75, 3.05) is 38.5 Å². The van der Waals surface area contributed by atoms with Crippen molar-refractivity contribution in [3.05, 3.63) is 24.3 Å². The molecule has 0 saturated heterocycles. The Hall–Kier alpha value is -1.67. The molecule has 0 aromatic heterocycles. The SMILES string of the molecule is CCN(CC)C(=O)CN(C)CC(=O)Nc1ccc(SC(F)F)cc1. The molecule has 0 aliphatic rings. The van der Waals surface area contributed by atoms with Crippen LogP contribution in [0.5, 0.6) is 0 Å². The number of carbonyl (C=O) groups is 2. The van der Waals surface area contributed by atoms with Gasteiger partial charge in [0.1, 0.15) is 0 Å². The van der Waals surface area contributed by atoms with Crippen molar-refractivity contribution in [3.8, 4) is 0 Å². The van der Waals surface area contributed by atoms with E-state index in [1.165, 1.54) is 12.1 Å². The first-order chi connectivity index (χ1) is 11.3. The van der Waals surface area contributed by atoms with E-state index in [0.29, 0.717) is 35.4 Å². The predicted molar refractivity (Wildman–Crippen MR) is 92.4 cm³/mol. The molecule has 1 N–H and O–H groups in total. The lowest BCUT2D eigenvalue weighted by molar-refractivity contribution is -0.132. The molecule has 1 aromatic carbocycles. The second-order valence-electron chi connectivity index (χ2n) is 5.19. The Morgan fingerprint density at radius 1 is 1.12 bits per heavy atom. The second kappa shape index (κ2) is 10.2. The van der Waals surface area contributed by atoms with Gasteiger partial charge >= 0.3 is 0 Å². The molecule has 134 valence electrons. The number of nitrogens with zero attached hydrogens (tertiary/aromatic N) is 2. The van der Waals surface area contributed by atoms with Gasteiger partial charge in [-0.1, -0.05) is 11.8 Å². The van der Waals surface area contributed by atoms with Gasteiger partial charge in [-0.25, -0.2) is 0 Å². The van der Waals surface area contributed by atoms with E-state index in [2.05, 4.69) is 5.32 Å². The van der Waals surface area contributed by atoms with Gasteiger partial charge in [0.25, 0.3) is 5.76 Å². The normalized spacial score (nSPS) is 11.0. The topological polar surface area (TPSA) is 52.7 Å². The minimum Gasteiger partial charge on any atom is -0.342 e. The second-order valence-corrected chi connectivity index (χ2v) is 6.25. The minimum atomic E-state index is -2.47. The fourth-order valence-electron chi connectivity index (χ4n) is 2.13. The molecule has 1 aromatic rings. The minimum absolute atomic E-state index is 0.0244. The number of hydrogen-bond donors (Lipinski definition) is 1. The molecule has 24 heavy (non-hydrogen) atoms. The largest absolute Gasteiger partial charge is 0.342 e. The van der Waals surface area contributed by atoms with Crippen LogP contribution >= 0.6 is 11.8 Å². The predicted octanol–water partition coefficient (Wildman–Crippen LogP) is 2.74. The standard InChI is InChI=1S/C16H23F2N3O2S/c1-4-21(5-2)15(23)11-20(3)10-14(22)19-12-6-8-13(9-7-12)24-16(17)18/h6-9,16H,4-5,10-11H2,1-3H3,(H,19,22). The van der Waals surface area contributed by atoms with Crippen molar-refractivity contribution in [1.82, 2.24) is 9.80 Å². The van der Waals surface area contributed by atoms with E-state index in [9.17, 15) is 18.4 Å². The van der Waals surface area contributed by atoms with Gasteiger partial charge in [-0.05, 0) is 45.2 Å². The molecule has 0 aliphatic carbocycles. The number of alkyl halides is 2. The maximum Gasteiger partial charge on any atom is 0.288 e. The first-order valence-corrected chi connectivity index (χ1v) is 8.54. The van der Waals surface area contributed by atoms with Gasteiger partial charge in [0.2, 0.25) is 11.8 Å². The Bertz CT molecular complexity index is 537. The Morgan fingerprint density at radius 2 is 1.71 bits per heavy atom.